The second kappa shape index (κ2) is 15.0. The lowest BCUT2D eigenvalue weighted by atomic mass is 10.1. The minimum Gasteiger partial charge on any atom is -0.364 e. The third kappa shape index (κ3) is 9.30. The zero-order valence-electron chi connectivity index (χ0n) is 19.2. The number of rotatable bonds is 16. The molecule has 0 heterocycles. The summed E-state index contributed by atoms with van der Waals surface area (Å²) in [7, 11) is 0. The molecule has 0 fully saturated rings. The summed E-state index contributed by atoms with van der Waals surface area (Å²) < 4.78 is 0. The van der Waals surface area contributed by atoms with Gasteiger partial charge in [-0.05, 0) is 35.7 Å². The molecule has 3 heteroatoms. The Bertz CT molecular complexity index is 712. The highest BCUT2D eigenvalue weighted by molar-refractivity contribution is 5.95. The van der Waals surface area contributed by atoms with Gasteiger partial charge in [-0.2, -0.15) is 0 Å². The zero-order chi connectivity index (χ0) is 21.4. The molecule has 0 atom stereocenters. The van der Waals surface area contributed by atoms with Crippen LogP contribution >= 0.6 is 0 Å². The Hall–Kier alpha value is -1.87. The molecule has 0 spiro atoms. The van der Waals surface area contributed by atoms with Crippen molar-refractivity contribution in [3.8, 4) is 0 Å². The van der Waals surface area contributed by atoms with E-state index in [1.807, 2.05) is 41.5 Å². The molecule has 0 aromatic heterocycles. The van der Waals surface area contributed by atoms with E-state index in [4.69, 9.17) is 4.84 Å². The van der Waals surface area contributed by atoms with Crippen LogP contribution in [0.25, 0.3) is 10.8 Å². The summed E-state index contributed by atoms with van der Waals surface area (Å²) in [6, 6.07) is 13.9. The molecule has 0 aliphatic heterocycles. The van der Waals surface area contributed by atoms with Crippen LogP contribution in [0.3, 0.4) is 0 Å². The Morgan fingerprint density at radius 2 is 1.23 bits per heavy atom. The largest absolute Gasteiger partial charge is 0.364 e. The average Bonchev–Trinajstić information content (AvgIpc) is 2.77. The number of hydrogen-bond donors (Lipinski definition) is 0. The molecular formula is C27H41NO2. The minimum atomic E-state index is -0.238. The number of nitrogens with zero attached hydrogens (tertiary/aromatic N) is 1. The van der Waals surface area contributed by atoms with Crippen molar-refractivity contribution in [3.63, 3.8) is 0 Å². The number of carbonyl (C=O) groups is 1. The molecule has 166 valence electrons. The summed E-state index contributed by atoms with van der Waals surface area (Å²) in [5, 5.41) is 4.13. The Balaban J connectivity index is 1.85. The van der Waals surface area contributed by atoms with Gasteiger partial charge >= 0.3 is 5.97 Å². The van der Waals surface area contributed by atoms with Crippen molar-refractivity contribution >= 4 is 16.7 Å². The molecular weight excluding hydrogens is 370 g/mol. The van der Waals surface area contributed by atoms with Gasteiger partial charge in [0.1, 0.15) is 0 Å². The van der Waals surface area contributed by atoms with Gasteiger partial charge in [0.15, 0.2) is 0 Å². The Kier molecular flexibility index (Phi) is 12.2. The van der Waals surface area contributed by atoms with E-state index in [0.717, 1.165) is 36.7 Å². The van der Waals surface area contributed by atoms with Crippen LogP contribution in [0, 0.1) is 0 Å². The number of fused-ring (bicyclic) bond motifs is 1. The summed E-state index contributed by atoms with van der Waals surface area (Å²) in [4.78, 5) is 18.6. The van der Waals surface area contributed by atoms with Crippen molar-refractivity contribution in [1.29, 1.82) is 0 Å². The standard InChI is InChI=1S/C27H41NO2/c1-3-5-7-9-11-15-21-28(22-16-12-10-8-6-4-2)30-27(29)26-20-19-24-17-13-14-18-25(24)23-26/h13-14,17-20,23H,3-12,15-16,21-22H2,1-2H3. The van der Waals surface area contributed by atoms with Gasteiger partial charge in [0.2, 0.25) is 0 Å². The first-order valence-electron chi connectivity index (χ1n) is 12.2. The molecule has 0 bridgehead atoms. The predicted octanol–water partition coefficient (Wildman–Crippen LogP) is 7.93. The summed E-state index contributed by atoms with van der Waals surface area (Å²) >= 11 is 0. The third-order valence-corrected chi connectivity index (χ3v) is 5.72. The van der Waals surface area contributed by atoms with Crippen molar-refractivity contribution in [2.75, 3.05) is 13.1 Å². The number of hydrogen-bond acceptors (Lipinski definition) is 3. The number of carbonyl (C=O) groups excluding carboxylic acids is 1. The van der Waals surface area contributed by atoms with Gasteiger partial charge < -0.3 is 4.84 Å². The molecule has 2 aromatic carbocycles. The summed E-state index contributed by atoms with van der Waals surface area (Å²) in [5.41, 5.74) is 0.629. The van der Waals surface area contributed by atoms with Gasteiger partial charge in [-0.25, -0.2) is 4.79 Å². The average molecular weight is 412 g/mol. The highest BCUT2D eigenvalue weighted by Gasteiger charge is 2.14. The predicted molar refractivity (Wildman–Crippen MR) is 128 cm³/mol. The van der Waals surface area contributed by atoms with Crippen LogP contribution in [-0.4, -0.2) is 24.1 Å². The van der Waals surface area contributed by atoms with E-state index < -0.39 is 0 Å². The molecule has 0 aliphatic rings. The lowest BCUT2D eigenvalue weighted by molar-refractivity contribution is -0.111. The lowest BCUT2D eigenvalue weighted by Gasteiger charge is -2.21. The van der Waals surface area contributed by atoms with Crippen LogP contribution in [-0.2, 0) is 4.84 Å². The normalized spacial score (nSPS) is 11.3. The van der Waals surface area contributed by atoms with Gasteiger partial charge in [-0.15, -0.1) is 5.06 Å². The van der Waals surface area contributed by atoms with Gasteiger partial charge in [-0.3, -0.25) is 0 Å². The molecule has 0 radical (unpaired) electrons. The van der Waals surface area contributed by atoms with Crippen molar-refractivity contribution in [2.45, 2.75) is 90.9 Å². The van der Waals surface area contributed by atoms with Crippen molar-refractivity contribution in [1.82, 2.24) is 5.06 Å². The second-order valence-corrected chi connectivity index (χ2v) is 8.41. The summed E-state index contributed by atoms with van der Waals surface area (Å²) in [6.45, 7) is 6.16. The van der Waals surface area contributed by atoms with Crippen LogP contribution in [0.15, 0.2) is 42.5 Å². The monoisotopic (exact) mass is 411 g/mol. The Morgan fingerprint density at radius 1 is 0.700 bits per heavy atom. The van der Waals surface area contributed by atoms with Gasteiger partial charge in [0, 0.05) is 13.1 Å². The second-order valence-electron chi connectivity index (χ2n) is 8.41. The lowest BCUT2D eigenvalue weighted by Crippen LogP contribution is -2.29. The van der Waals surface area contributed by atoms with E-state index in [0.29, 0.717) is 5.56 Å². The van der Waals surface area contributed by atoms with E-state index in [9.17, 15) is 4.79 Å². The quantitative estimate of drug-likeness (QED) is 0.207. The fraction of sp³-hybridized carbons (Fsp3) is 0.593. The molecule has 2 aromatic rings. The van der Waals surface area contributed by atoms with E-state index in [1.165, 1.54) is 64.2 Å². The molecule has 0 saturated heterocycles. The third-order valence-electron chi connectivity index (χ3n) is 5.72. The molecule has 2 rings (SSSR count). The molecule has 0 amide bonds. The van der Waals surface area contributed by atoms with Gasteiger partial charge in [0.25, 0.3) is 0 Å². The minimum absolute atomic E-state index is 0.238. The van der Waals surface area contributed by atoms with Crippen molar-refractivity contribution < 1.29 is 9.63 Å². The maximum atomic E-state index is 12.8. The molecule has 3 nitrogen and oxygen atoms in total. The number of benzene rings is 2. The highest BCUT2D eigenvalue weighted by atomic mass is 16.7. The summed E-state index contributed by atoms with van der Waals surface area (Å²) in [5.74, 6) is -0.238. The van der Waals surface area contributed by atoms with E-state index in [1.54, 1.807) is 0 Å². The van der Waals surface area contributed by atoms with Crippen LogP contribution in [0.2, 0.25) is 0 Å². The van der Waals surface area contributed by atoms with E-state index in [-0.39, 0.29) is 5.97 Å². The molecule has 0 unspecified atom stereocenters. The van der Waals surface area contributed by atoms with E-state index in [2.05, 4.69) is 19.9 Å². The maximum absolute atomic E-state index is 12.8. The van der Waals surface area contributed by atoms with Crippen LogP contribution < -0.4 is 0 Å². The smallest absolute Gasteiger partial charge is 0.357 e. The molecule has 30 heavy (non-hydrogen) atoms. The molecule has 0 N–H and O–H groups in total. The SMILES string of the molecule is CCCCCCCCN(CCCCCCCC)OC(=O)c1ccc2ccccc2c1. The Morgan fingerprint density at radius 3 is 1.83 bits per heavy atom. The topological polar surface area (TPSA) is 29.5 Å². The first-order valence-corrected chi connectivity index (χ1v) is 12.2. The Labute approximate surface area is 183 Å². The fourth-order valence-electron chi connectivity index (χ4n) is 3.83. The zero-order valence-corrected chi connectivity index (χ0v) is 19.2. The van der Waals surface area contributed by atoms with Crippen LogP contribution in [0.5, 0.6) is 0 Å². The maximum Gasteiger partial charge on any atom is 0.357 e. The van der Waals surface area contributed by atoms with Crippen molar-refractivity contribution in [2.24, 2.45) is 0 Å². The summed E-state index contributed by atoms with van der Waals surface area (Å²) in [6.07, 6.45) is 14.9. The van der Waals surface area contributed by atoms with Crippen LogP contribution in [0.4, 0.5) is 0 Å². The highest BCUT2D eigenvalue weighted by Crippen LogP contribution is 2.17. The van der Waals surface area contributed by atoms with Gasteiger partial charge in [0.05, 0.1) is 5.56 Å². The first kappa shape index (κ1) is 24.4. The van der Waals surface area contributed by atoms with E-state index >= 15 is 0 Å². The van der Waals surface area contributed by atoms with Crippen molar-refractivity contribution in [3.05, 3.63) is 48.0 Å². The number of hydroxylamine groups is 2. The molecule has 0 aliphatic carbocycles. The first-order chi connectivity index (χ1) is 14.7. The van der Waals surface area contributed by atoms with Gasteiger partial charge in [-0.1, -0.05) is 108 Å². The molecule has 0 saturated carbocycles. The fourth-order valence-corrected chi connectivity index (χ4v) is 3.83. The van der Waals surface area contributed by atoms with Crippen LogP contribution in [0.1, 0.15) is 101 Å². The number of unbranched alkanes of at least 4 members (excludes halogenated alkanes) is 10.